The number of carbonyl (C=O) groups is 1. The number of rotatable bonds is 5. The molecule has 0 atom stereocenters. The Labute approximate surface area is 181 Å². The summed E-state index contributed by atoms with van der Waals surface area (Å²) in [6.45, 7) is 0.392. The van der Waals surface area contributed by atoms with Crippen molar-refractivity contribution in [3.8, 4) is 11.3 Å². The van der Waals surface area contributed by atoms with E-state index in [-0.39, 0.29) is 12.1 Å². The zero-order chi connectivity index (χ0) is 21.6. The number of nitrogens with two attached hydrogens (primary N) is 2. The first kappa shape index (κ1) is 20.7. The van der Waals surface area contributed by atoms with Gasteiger partial charge in [-0.15, -0.1) is 0 Å². The van der Waals surface area contributed by atoms with Crippen LogP contribution in [0.4, 0.5) is 22.1 Å². The maximum Gasteiger partial charge on any atom is 0.328 e. The quantitative estimate of drug-likeness (QED) is 0.577. The van der Waals surface area contributed by atoms with Gasteiger partial charge in [-0.25, -0.2) is 14.8 Å². The summed E-state index contributed by atoms with van der Waals surface area (Å²) in [6.07, 6.45) is 10.2. The number of amides is 2. The third-order valence-electron chi connectivity index (χ3n) is 5.52. The molecular formula is C23H27N7O. The van der Waals surface area contributed by atoms with Crippen molar-refractivity contribution < 1.29 is 4.79 Å². The minimum Gasteiger partial charge on any atom is -0.396 e. The largest absolute Gasteiger partial charge is 0.396 e. The third kappa shape index (κ3) is 4.80. The second-order valence-electron chi connectivity index (χ2n) is 7.70. The highest BCUT2D eigenvalue weighted by Crippen LogP contribution is 2.32. The van der Waals surface area contributed by atoms with Gasteiger partial charge in [0, 0.05) is 36.7 Å². The molecule has 1 aliphatic carbocycles. The number of nitrogens with one attached hydrogen (secondary N) is 1. The third-order valence-corrected chi connectivity index (χ3v) is 5.52. The summed E-state index contributed by atoms with van der Waals surface area (Å²) in [4.78, 5) is 28.3. The predicted molar refractivity (Wildman–Crippen MR) is 122 cm³/mol. The molecule has 31 heavy (non-hydrogen) atoms. The maximum absolute atomic E-state index is 13.4. The minimum absolute atomic E-state index is 0.0241. The van der Waals surface area contributed by atoms with Crippen molar-refractivity contribution in [1.29, 1.82) is 0 Å². The van der Waals surface area contributed by atoms with Crippen molar-refractivity contribution in [2.75, 3.05) is 16.0 Å². The summed E-state index contributed by atoms with van der Waals surface area (Å²) in [5.74, 6) is 0.943. The maximum atomic E-state index is 13.4. The van der Waals surface area contributed by atoms with Gasteiger partial charge >= 0.3 is 6.03 Å². The van der Waals surface area contributed by atoms with Crippen molar-refractivity contribution in [3.05, 3.63) is 60.6 Å². The standard InChI is InChI=1S/C23H27N7O/c24-13-16-12-17(15-26-14-16)20-10-9-19(25)22(28-20)30(18-6-2-1-3-7-18)23(31)29-21-8-4-5-11-27-21/h4-5,8-12,14-15,18H,1-3,6-7,13,24-25H2,(H,27,29,31). The van der Waals surface area contributed by atoms with Crippen LogP contribution >= 0.6 is 0 Å². The molecule has 160 valence electrons. The van der Waals surface area contributed by atoms with Crippen molar-refractivity contribution >= 4 is 23.4 Å². The highest BCUT2D eigenvalue weighted by molar-refractivity contribution is 6.03. The molecule has 0 unspecified atom stereocenters. The average Bonchev–Trinajstić information content (AvgIpc) is 2.82. The first-order chi connectivity index (χ1) is 15.2. The minimum atomic E-state index is -0.282. The number of pyridine rings is 3. The molecule has 0 aromatic carbocycles. The Morgan fingerprint density at radius 2 is 1.97 bits per heavy atom. The van der Waals surface area contributed by atoms with E-state index in [1.54, 1.807) is 41.7 Å². The lowest BCUT2D eigenvalue weighted by atomic mass is 9.94. The van der Waals surface area contributed by atoms with E-state index < -0.39 is 0 Å². The number of aromatic nitrogens is 3. The fourth-order valence-corrected chi connectivity index (χ4v) is 3.93. The van der Waals surface area contributed by atoms with E-state index in [2.05, 4.69) is 15.3 Å². The monoisotopic (exact) mass is 417 g/mol. The van der Waals surface area contributed by atoms with Gasteiger partial charge in [0.05, 0.1) is 11.4 Å². The van der Waals surface area contributed by atoms with Gasteiger partial charge < -0.3 is 11.5 Å². The molecule has 0 saturated heterocycles. The molecule has 1 saturated carbocycles. The highest BCUT2D eigenvalue weighted by Gasteiger charge is 2.30. The lowest BCUT2D eigenvalue weighted by molar-refractivity contribution is 0.252. The molecule has 0 bridgehead atoms. The molecule has 8 heteroatoms. The summed E-state index contributed by atoms with van der Waals surface area (Å²) in [5.41, 5.74) is 15.0. The van der Waals surface area contributed by atoms with Gasteiger partial charge in [0.1, 0.15) is 5.82 Å². The Morgan fingerprint density at radius 3 is 2.71 bits per heavy atom. The van der Waals surface area contributed by atoms with Gasteiger partial charge in [0.15, 0.2) is 5.82 Å². The van der Waals surface area contributed by atoms with Crippen molar-refractivity contribution in [2.24, 2.45) is 5.73 Å². The zero-order valence-corrected chi connectivity index (χ0v) is 17.4. The number of nitrogen functional groups attached to an aromatic ring is 1. The Kier molecular flexibility index (Phi) is 6.37. The fraction of sp³-hybridized carbons (Fsp3) is 0.304. The van der Waals surface area contributed by atoms with Crippen LogP contribution in [0.3, 0.4) is 0 Å². The van der Waals surface area contributed by atoms with Crippen LogP contribution in [0.25, 0.3) is 11.3 Å². The Bertz CT molecular complexity index is 1040. The lowest BCUT2D eigenvalue weighted by Crippen LogP contribution is -2.45. The van der Waals surface area contributed by atoms with Crippen LogP contribution < -0.4 is 21.7 Å². The van der Waals surface area contributed by atoms with E-state index in [1.165, 1.54) is 6.42 Å². The Hall–Kier alpha value is -3.52. The summed E-state index contributed by atoms with van der Waals surface area (Å²) in [6, 6.07) is 10.7. The van der Waals surface area contributed by atoms with Crippen LogP contribution in [-0.4, -0.2) is 27.0 Å². The van der Waals surface area contributed by atoms with E-state index in [9.17, 15) is 4.79 Å². The second-order valence-corrected chi connectivity index (χ2v) is 7.70. The van der Waals surface area contributed by atoms with Gasteiger partial charge in [0.2, 0.25) is 0 Å². The lowest BCUT2D eigenvalue weighted by Gasteiger charge is -2.34. The topological polar surface area (TPSA) is 123 Å². The zero-order valence-electron chi connectivity index (χ0n) is 17.4. The van der Waals surface area contributed by atoms with Gasteiger partial charge in [-0.05, 0) is 48.7 Å². The van der Waals surface area contributed by atoms with E-state index in [0.29, 0.717) is 29.6 Å². The molecule has 3 aromatic heterocycles. The van der Waals surface area contributed by atoms with Crippen molar-refractivity contribution in [2.45, 2.75) is 44.7 Å². The van der Waals surface area contributed by atoms with Gasteiger partial charge in [-0.2, -0.15) is 0 Å². The molecule has 4 rings (SSSR count). The number of hydrogen-bond acceptors (Lipinski definition) is 6. The molecule has 3 aromatic rings. The highest BCUT2D eigenvalue weighted by atomic mass is 16.2. The van der Waals surface area contributed by atoms with Crippen LogP contribution in [0.5, 0.6) is 0 Å². The molecule has 0 aliphatic heterocycles. The molecule has 2 amide bonds. The molecule has 1 fully saturated rings. The van der Waals surface area contributed by atoms with Gasteiger partial charge in [0.25, 0.3) is 0 Å². The van der Waals surface area contributed by atoms with E-state index in [1.807, 2.05) is 18.2 Å². The molecule has 1 aliphatic rings. The number of urea groups is 1. The molecule has 0 spiro atoms. The molecular weight excluding hydrogens is 390 g/mol. The van der Waals surface area contributed by atoms with Crippen LogP contribution in [0.1, 0.15) is 37.7 Å². The number of hydrogen-bond donors (Lipinski definition) is 3. The SMILES string of the molecule is NCc1cncc(-c2ccc(N)c(N(C(=O)Nc3ccccn3)C3CCCCC3)n2)c1. The van der Waals surface area contributed by atoms with E-state index >= 15 is 0 Å². The van der Waals surface area contributed by atoms with Crippen LogP contribution in [0, 0.1) is 0 Å². The second kappa shape index (κ2) is 9.53. The Balaban J connectivity index is 1.72. The van der Waals surface area contributed by atoms with Gasteiger partial charge in [-0.1, -0.05) is 25.3 Å². The number of anilines is 3. The summed E-state index contributed by atoms with van der Waals surface area (Å²) >= 11 is 0. The molecule has 5 N–H and O–H groups in total. The number of carbonyl (C=O) groups excluding carboxylic acids is 1. The van der Waals surface area contributed by atoms with Crippen LogP contribution in [-0.2, 0) is 6.54 Å². The average molecular weight is 418 g/mol. The molecule has 3 heterocycles. The van der Waals surface area contributed by atoms with E-state index in [4.69, 9.17) is 16.5 Å². The van der Waals surface area contributed by atoms with Crippen molar-refractivity contribution in [3.63, 3.8) is 0 Å². The van der Waals surface area contributed by atoms with Gasteiger partial charge in [-0.3, -0.25) is 15.2 Å². The smallest absolute Gasteiger partial charge is 0.328 e. The normalized spacial score (nSPS) is 14.2. The first-order valence-corrected chi connectivity index (χ1v) is 10.6. The molecule has 8 nitrogen and oxygen atoms in total. The van der Waals surface area contributed by atoms with Crippen LogP contribution in [0.2, 0.25) is 0 Å². The first-order valence-electron chi connectivity index (χ1n) is 10.6. The number of nitrogens with zero attached hydrogens (tertiary/aromatic N) is 4. The molecule has 0 radical (unpaired) electrons. The summed E-state index contributed by atoms with van der Waals surface area (Å²) in [5, 5.41) is 2.89. The Morgan fingerprint density at radius 1 is 1.13 bits per heavy atom. The fourth-order valence-electron chi connectivity index (χ4n) is 3.93. The summed E-state index contributed by atoms with van der Waals surface area (Å²) in [7, 11) is 0. The summed E-state index contributed by atoms with van der Waals surface area (Å²) < 4.78 is 0. The predicted octanol–water partition coefficient (Wildman–Crippen LogP) is 3.95. The van der Waals surface area contributed by atoms with Crippen LogP contribution in [0.15, 0.2) is 55.0 Å². The van der Waals surface area contributed by atoms with E-state index in [0.717, 1.165) is 36.8 Å². The van der Waals surface area contributed by atoms with Crippen molar-refractivity contribution in [1.82, 2.24) is 15.0 Å².